The van der Waals surface area contributed by atoms with E-state index in [9.17, 15) is 13.8 Å². The molecule has 0 aliphatic heterocycles. The number of benzene rings is 1. The SMILES string of the molecule is C=C(I)CC(C/C=C(/C)[S@](=O)c1ccccc1N(C)C)(C(=O)OCC)C(=O)OCC. The normalized spacial score (nSPS) is 12.8. The molecule has 0 bridgehead atoms. The van der Waals surface area contributed by atoms with Crippen LogP contribution in [0, 0.1) is 5.41 Å². The number of para-hydroxylation sites is 1. The van der Waals surface area contributed by atoms with Crippen LogP contribution >= 0.6 is 22.6 Å². The van der Waals surface area contributed by atoms with Crippen LogP contribution in [0.2, 0.25) is 0 Å². The molecule has 1 aromatic rings. The van der Waals surface area contributed by atoms with Crippen LogP contribution in [0.1, 0.15) is 33.6 Å². The zero-order chi connectivity index (χ0) is 22.9. The third kappa shape index (κ3) is 6.66. The maximum atomic E-state index is 13.2. The minimum Gasteiger partial charge on any atom is -0.465 e. The second-order valence-corrected chi connectivity index (χ2v) is 10.0. The van der Waals surface area contributed by atoms with E-state index in [-0.39, 0.29) is 26.1 Å². The first kappa shape index (κ1) is 26.4. The van der Waals surface area contributed by atoms with Gasteiger partial charge in [0.05, 0.1) is 34.6 Å². The molecule has 0 fully saturated rings. The third-order valence-corrected chi connectivity index (χ3v) is 6.28. The molecule has 0 aliphatic rings. The fourth-order valence-corrected chi connectivity index (χ4v) is 4.76. The van der Waals surface area contributed by atoms with Crippen molar-refractivity contribution < 1.29 is 23.3 Å². The topological polar surface area (TPSA) is 72.9 Å². The first-order chi connectivity index (χ1) is 14.1. The van der Waals surface area contributed by atoms with Gasteiger partial charge in [-0.3, -0.25) is 9.59 Å². The minimum atomic E-state index is -1.56. The van der Waals surface area contributed by atoms with Gasteiger partial charge in [0.1, 0.15) is 0 Å². The summed E-state index contributed by atoms with van der Waals surface area (Å²) >= 11 is 1.99. The smallest absolute Gasteiger partial charge is 0.324 e. The minimum absolute atomic E-state index is 0.00833. The second kappa shape index (κ2) is 12.2. The van der Waals surface area contributed by atoms with E-state index in [1.165, 1.54) is 0 Å². The van der Waals surface area contributed by atoms with E-state index in [4.69, 9.17) is 9.47 Å². The predicted octanol–water partition coefficient (Wildman–Crippen LogP) is 4.61. The molecule has 0 N–H and O–H groups in total. The predicted molar refractivity (Wildman–Crippen MR) is 129 cm³/mol. The Morgan fingerprint density at radius 3 is 2.17 bits per heavy atom. The standard InChI is InChI=1S/C22H30INO5S/c1-7-28-20(25)22(15-16(3)23,21(26)29-8-2)14-13-17(4)30(27)19-12-10-9-11-18(19)24(5)6/h9-13H,3,7-8,14-15H2,1-2,4-6H3/b17-13-/t30-/m0/s1. The van der Waals surface area contributed by atoms with E-state index >= 15 is 0 Å². The van der Waals surface area contributed by atoms with Crippen molar-refractivity contribution in [2.45, 2.75) is 38.5 Å². The van der Waals surface area contributed by atoms with Gasteiger partial charge in [0.2, 0.25) is 0 Å². The number of hydrogen-bond donors (Lipinski definition) is 0. The number of anilines is 1. The third-order valence-electron chi connectivity index (χ3n) is 4.40. The summed E-state index contributed by atoms with van der Waals surface area (Å²) in [6.45, 7) is 9.21. The van der Waals surface area contributed by atoms with Crippen LogP contribution in [-0.2, 0) is 29.9 Å². The summed E-state index contributed by atoms with van der Waals surface area (Å²) < 4.78 is 24.2. The molecule has 0 spiro atoms. The van der Waals surface area contributed by atoms with E-state index in [0.29, 0.717) is 13.4 Å². The Kier molecular flexibility index (Phi) is 10.8. The van der Waals surface area contributed by atoms with Crippen LogP contribution in [0.15, 0.2) is 50.3 Å². The number of halogens is 1. The second-order valence-electron chi connectivity index (χ2n) is 6.87. The quantitative estimate of drug-likeness (QED) is 0.229. The lowest BCUT2D eigenvalue weighted by Gasteiger charge is -2.28. The van der Waals surface area contributed by atoms with Crippen molar-refractivity contribution in [3.63, 3.8) is 0 Å². The van der Waals surface area contributed by atoms with Gasteiger partial charge in [0.15, 0.2) is 5.41 Å². The summed E-state index contributed by atoms with van der Waals surface area (Å²) in [4.78, 5) is 28.8. The highest BCUT2D eigenvalue weighted by Crippen LogP contribution is 2.37. The zero-order valence-electron chi connectivity index (χ0n) is 18.2. The largest absolute Gasteiger partial charge is 0.465 e. The molecule has 1 aromatic carbocycles. The van der Waals surface area contributed by atoms with Gasteiger partial charge in [0.25, 0.3) is 0 Å². The summed E-state index contributed by atoms with van der Waals surface area (Å²) in [5, 5.41) is 0. The molecule has 0 saturated carbocycles. The average molecular weight is 547 g/mol. The fourth-order valence-electron chi connectivity index (χ4n) is 2.88. The van der Waals surface area contributed by atoms with E-state index < -0.39 is 28.2 Å². The molecule has 30 heavy (non-hydrogen) atoms. The van der Waals surface area contributed by atoms with Crippen molar-refractivity contribution in [2.24, 2.45) is 5.41 Å². The number of rotatable bonds is 11. The highest BCUT2D eigenvalue weighted by molar-refractivity contribution is 14.1. The van der Waals surface area contributed by atoms with Crippen molar-refractivity contribution in [3.8, 4) is 0 Å². The van der Waals surface area contributed by atoms with Gasteiger partial charge < -0.3 is 14.4 Å². The van der Waals surface area contributed by atoms with Crippen LogP contribution in [0.3, 0.4) is 0 Å². The van der Waals surface area contributed by atoms with E-state index in [2.05, 4.69) is 6.58 Å². The Hall–Kier alpha value is -1.68. The molecule has 166 valence electrons. The van der Waals surface area contributed by atoms with Crippen molar-refractivity contribution in [3.05, 3.63) is 45.4 Å². The lowest BCUT2D eigenvalue weighted by Crippen LogP contribution is -2.42. The van der Waals surface area contributed by atoms with E-state index in [0.717, 1.165) is 5.69 Å². The van der Waals surface area contributed by atoms with Crippen molar-refractivity contribution in [2.75, 3.05) is 32.2 Å². The Morgan fingerprint density at radius 2 is 1.70 bits per heavy atom. The van der Waals surface area contributed by atoms with Gasteiger partial charge in [-0.1, -0.05) is 24.8 Å². The molecular formula is C22H30INO5S. The molecule has 1 atom stereocenters. The Bertz CT molecular complexity index is 817. The molecule has 0 aromatic heterocycles. The first-order valence-electron chi connectivity index (χ1n) is 9.63. The van der Waals surface area contributed by atoms with Gasteiger partial charge in [0, 0.05) is 25.4 Å². The summed E-state index contributed by atoms with van der Waals surface area (Å²) in [6.07, 6.45) is 1.75. The zero-order valence-corrected chi connectivity index (χ0v) is 21.2. The van der Waals surface area contributed by atoms with Gasteiger partial charge in [-0.25, -0.2) is 4.21 Å². The molecule has 6 nitrogen and oxygen atoms in total. The molecule has 0 amide bonds. The van der Waals surface area contributed by atoms with Gasteiger partial charge in [-0.05, 0) is 65.5 Å². The van der Waals surface area contributed by atoms with Gasteiger partial charge >= 0.3 is 11.9 Å². The maximum absolute atomic E-state index is 13.2. The Morgan fingerprint density at radius 1 is 1.17 bits per heavy atom. The molecule has 0 saturated heterocycles. The molecule has 0 heterocycles. The Balaban J connectivity index is 3.36. The molecule has 0 aliphatic carbocycles. The maximum Gasteiger partial charge on any atom is 0.324 e. The van der Waals surface area contributed by atoms with Gasteiger partial charge in [-0.2, -0.15) is 0 Å². The summed E-state index contributed by atoms with van der Waals surface area (Å²) in [6, 6.07) is 7.41. The summed E-state index contributed by atoms with van der Waals surface area (Å²) in [7, 11) is 2.31. The fraction of sp³-hybridized carbons (Fsp3) is 0.455. The molecule has 8 heteroatoms. The van der Waals surface area contributed by atoms with Crippen LogP contribution in [0.4, 0.5) is 5.69 Å². The molecular weight excluding hydrogens is 517 g/mol. The molecule has 0 radical (unpaired) electrons. The number of allylic oxidation sites excluding steroid dienone is 3. The monoisotopic (exact) mass is 547 g/mol. The van der Waals surface area contributed by atoms with Crippen LogP contribution in [0.25, 0.3) is 0 Å². The van der Waals surface area contributed by atoms with Crippen molar-refractivity contribution in [1.29, 1.82) is 0 Å². The highest BCUT2D eigenvalue weighted by Gasteiger charge is 2.48. The summed E-state index contributed by atoms with van der Waals surface area (Å²) in [5.74, 6) is -1.32. The first-order valence-corrected chi connectivity index (χ1v) is 11.9. The number of hydrogen-bond acceptors (Lipinski definition) is 6. The summed E-state index contributed by atoms with van der Waals surface area (Å²) in [5.41, 5.74) is -0.720. The Labute approximate surface area is 195 Å². The van der Waals surface area contributed by atoms with Crippen LogP contribution < -0.4 is 4.90 Å². The number of nitrogens with zero attached hydrogens (tertiary/aromatic N) is 1. The molecule has 1 rings (SSSR count). The van der Waals surface area contributed by atoms with E-state index in [1.54, 1.807) is 32.9 Å². The molecule has 0 unspecified atom stereocenters. The number of carbonyl (C=O) groups excluding carboxylic acids is 2. The number of esters is 2. The van der Waals surface area contributed by atoms with Crippen molar-refractivity contribution >= 4 is 51.0 Å². The lowest BCUT2D eigenvalue weighted by molar-refractivity contribution is -0.171. The van der Waals surface area contributed by atoms with Crippen LogP contribution in [-0.4, -0.2) is 43.5 Å². The van der Waals surface area contributed by atoms with E-state index in [1.807, 2.05) is 59.8 Å². The number of carbonyl (C=O) groups is 2. The number of ether oxygens (including phenoxy) is 2. The van der Waals surface area contributed by atoms with Gasteiger partial charge in [-0.15, -0.1) is 0 Å². The van der Waals surface area contributed by atoms with Crippen molar-refractivity contribution in [1.82, 2.24) is 0 Å². The van der Waals surface area contributed by atoms with Crippen LogP contribution in [0.5, 0.6) is 0 Å². The average Bonchev–Trinajstić information content (AvgIpc) is 2.70. The highest BCUT2D eigenvalue weighted by atomic mass is 127. The lowest BCUT2D eigenvalue weighted by atomic mass is 9.80.